The molecule has 3 N–H and O–H groups in total. The molecule has 0 spiro atoms. The Kier molecular flexibility index (Phi) is 4.75. The number of nitrogens with zero attached hydrogens (tertiary/aromatic N) is 3. The van der Waals surface area contributed by atoms with Crippen molar-refractivity contribution in [1.29, 1.82) is 5.26 Å². The molecule has 0 saturated heterocycles. The fourth-order valence-corrected chi connectivity index (χ4v) is 3.77. The number of H-pyrrole nitrogens is 1. The Labute approximate surface area is 171 Å². The number of benzene rings is 1. The summed E-state index contributed by atoms with van der Waals surface area (Å²) < 4.78 is 11.6. The maximum absolute atomic E-state index is 11.3. The number of nitro benzene ring substituents is 1. The van der Waals surface area contributed by atoms with Gasteiger partial charge in [-0.2, -0.15) is 5.26 Å². The van der Waals surface area contributed by atoms with Gasteiger partial charge in [-0.05, 0) is 25.5 Å². The number of nitrogens with one attached hydrogen (secondary N) is 1. The molecule has 0 bridgehead atoms. The van der Waals surface area contributed by atoms with Crippen LogP contribution in [0.25, 0.3) is 11.3 Å². The first-order valence-electron chi connectivity index (χ1n) is 9.45. The molecule has 9 heteroatoms. The van der Waals surface area contributed by atoms with E-state index in [2.05, 4.69) is 16.3 Å². The molecule has 0 aliphatic carbocycles. The van der Waals surface area contributed by atoms with Crippen molar-refractivity contribution in [2.45, 2.75) is 32.6 Å². The Morgan fingerprint density at radius 1 is 1.37 bits per heavy atom. The summed E-state index contributed by atoms with van der Waals surface area (Å²) in [5.41, 5.74) is 8.91. The van der Waals surface area contributed by atoms with Crippen LogP contribution >= 0.6 is 0 Å². The van der Waals surface area contributed by atoms with E-state index in [1.165, 1.54) is 6.07 Å². The summed E-state index contributed by atoms with van der Waals surface area (Å²) in [4.78, 5) is 10.9. The standard InChI is InChI=1S/C21H19N5O4/c1-3-5-14-19-18(13(10-22)20(23)30-21(19)25-24-14)17-9-8-16(29-17)12-6-4-7-15(11(12)2)26(27)28/h4,6-9,18H,3,5,23H2,1-2H3,(H,24,25). The molecule has 1 unspecified atom stereocenters. The number of ether oxygens (including phenoxy) is 1. The average Bonchev–Trinajstić information content (AvgIpc) is 3.35. The van der Waals surface area contributed by atoms with Crippen molar-refractivity contribution in [3.63, 3.8) is 0 Å². The van der Waals surface area contributed by atoms with E-state index in [-0.39, 0.29) is 17.1 Å². The van der Waals surface area contributed by atoms with Crippen LogP contribution < -0.4 is 10.5 Å². The fraction of sp³-hybridized carbons (Fsp3) is 0.238. The van der Waals surface area contributed by atoms with Crippen LogP contribution in [-0.2, 0) is 6.42 Å². The number of aromatic nitrogens is 2. The zero-order chi connectivity index (χ0) is 21.4. The van der Waals surface area contributed by atoms with E-state index in [1.54, 1.807) is 31.2 Å². The molecule has 2 aromatic heterocycles. The highest BCUT2D eigenvalue weighted by Gasteiger charge is 2.37. The maximum atomic E-state index is 11.3. The van der Waals surface area contributed by atoms with Gasteiger partial charge in [-0.3, -0.25) is 15.2 Å². The molecule has 1 aliphatic heterocycles. The second kappa shape index (κ2) is 7.40. The molecule has 0 amide bonds. The van der Waals surface area contributed by atoms with Crippen molar-refractivity contribution >= 4 is 5.69 Å². The summed E-state index contributed by atoms with van der Waals surface area (Å²) in [6.07, 6.45) is 1.59. The number of nitriles is 1. The predicted molar refractivity (Wildman–Crippen MR) is 107 cm³/mol. The van der Waals surface area contributed by atoms with Gasteiger partial charge in [0.2, 0.25) is 11.8 Å². The van der Waals surface area contributed by atoms with Crippen molar-refractivity contribution in [1.82, 2.24) is 10.2 Å². The highest BCUT2D eigenvalue weighted by Crippen LogP contribution is 2.44. The lowest BCUT2D eigenvalue weighted by atomic mass is 9.87. The SMILES string of the molecule is CCCc1[nH]nc2c1C(c1ccc(-c3cccc([N+](=O)[O-])c3C)o1)C(C#N)=C(N)O2. The zero-order valence-electron chi connectivity index (χ0n) is 16.4. The van der Waals surface area contributed by atoms with Crippen LogP contribution in [0.2, 0.25) is 0 Å². The van der Waals surface area contributed by atoms with Gasteiger partial charge in [0.1, 0.15) is 23.2 Å². The second-order valence-corrected chi connectivity index (χ2v) is 7.00. The third kappa shape index (κ3) is 2.99. The number of hydrogen-bond donors (Lipinski definition) is 2. The van der Waals surface area contributed by atoms with E-state index in [1.807, 2.05) is 6.92 Å². The van der Waals surface area contributed by atoms with E-state index < -0.39 is 10.8 Å². The van der Waals surface area contributed by atoms with Crippen molar-refractivity contribution in [2.75, 3.05) is 0 Å². The molecule has 1 aromatic carbocycles. The van der Waals surface area contributed by atoms with Crippen LogP contribution in [0, 0.1) is 28.4 Å². The maximum Gasteiger partial charge on any atom is 0.273 e. The molecular weight excluding hydrogens is 386 g/mol. The van der Waals surface area contributed by atoms with Gasteiger partial charge >= 0.3 is 0 Å². The number of hydrogen-bond acceptors (Lipinski definition) is 7. The zero-order valence-corrected chi connectivity index (χ0v) is 16.4. The minimum absolute atomic E-state index is 0.0146. The molecule has 1 atom stereocenters. The number of fused-ring (bicyclic) bond motifs is 1. The molecule has 0 radical (unpaired) electrons. The molecule has 0 saturated carbocycles. The minimum Gasteiger partial charge on any atom is -0.460 e. The molecule has 9 nitrogen and oxygen atoms in total. The summed E-state index contributed by atoms with van der Waals surface area (Å²) in [6.45, 7) is 3.72. The van der Waals surface area contributed by atoms with Gasteiger partial charge in [-0.1, -0.05) is 25.5 Å². The van der Waals surface area contributed by atoms with Gasteiger partial charge < -0.3 is 14.9 Å². The minimum atomic E-state index is -0.577. The summed E-state index contributed by atoms with van der Waals surface area (Å²) in [5, 5.41) is 28.2. The number of allylic oxidation sites excluding steroid dienone is 1. The third-order valence-electron chi connectivity index (χ3n) is 5.20. The summed E-state index contributed by atoms with van der Waals surface area (Å²) in [6, 6.07) is 10.4. The lowest BCUT2D eigenvalue weighted by Crippen LogP contribution is -2.21. The van der Waals surface area contributed by atoms with Crippen LogP contribution in [0.4, 0.5) is 5.69 Å². The Morgan fingerprint density at radius 2 is 2.17 bits per heavy atom. The predicted octanol–water partition coefficient (Wildman–Crippen LogP) is 4.06. The second-order valence-electron chi connectivity index (χ2n) is 7.00. The molecule has 4 rings (SSSR count). The molecule has 0 fully saturated rings. The summed E-state index contributed by atoms with van der Waals surface area (Å²) in [5.74, 6) is 0.680. The highest BCUT2D eigenvalue weighted by molar-refractivity contribution is 5.68. The highest BCUT2D eigenvalue weighted by atomic mass is 16.6. The monoisotopic (exact) mass is 405 g/mol. The smallest absolute Gasteiger partial charge is 0.273 e. The van der Waals surface area contributed by atoms with E-state index in [9.17, 15) is 15.4 Å². The van der Waals surface area contributed by atoms with Crippen molar-refractivity contribution in [3.8, 4) is 23.3 Å². The Hall–Kier alpha value is -4.06. The van der Waals surface area contributed by atoms with Crippen molar-refractivity contribution in [2.24, 2.45) is 5.73 Å². The van der Waals surface area contributed by atoms with E-state index in [0.29, 0.717) is 28.5 Å². The van der Waals surface area contributed by atoms with Crippen molar-refractivity contribution in [3.05, 3.63) is 74.5 Å². The third-order valence-corrected chi connectivity index (χ3v) is 5.20. The first-order valence-corrected chi connectivity index (χ1v) is 9.45. The summed E-state index contributed by atoms with van der Waals surface area (Å²) >= 11 is 0. The lowest BCUT2D eigenvalue weighted by molar-refractivity contribution is -0.385. The first kappa shape index (κ1) is 19.3. The molecular formula is C21H19N5O4. The van der Waals surface area contributed by atoms with Crippen LogP contribution in [0.3, 0.4) is 0 Å². The molecule has 30 heavy (non-hydrogen) atoms. The largest absolute Gasteiger partial charge is 0.460 e. The number of aryl methyl sites for hydroxylation is 1. The first-order chi connectivity index (χ1) is 14.5. The number of nitrogens with two attached hydrogens (primary N) is 1. The van der Waals surface area contributed by atoms with E-state index >= 15 is 0 Å². The van der Waals surface area contributed by atoms with E-state index in [0.717, 1.165) is 24.1 Å². The normalized spacial score (nSPS) is 15.4. The van der Waals surface area contributed by atoms with Crippen molar-refractivity contribution < 1.29 is 14.1 Å². The lowest BCUT2D eigenvalue weighted by Gasteiger charge is -2.22. The van der Waals surface area contributed by atoms with Crippen LogP contribution in [-0.4, -0.2) is 15.1 Å². The van der Waals surface area contributed by atoms with Crippen LogP contribution in [0.1, 0.15) is 41.8 Å². The number of rotatable bonds is 5. The van der Waals surface area contributed by atoms with Gasteiger partial charge in [0.15, 0.2) is 0 Å². The number of nitro groups is 1. The van der Waals surface area contributed by atoms with Gasteiger partial charge in [0, 0.05) is 22.9 Å². The Morgan fingerprint density at radius 3 is 2.87 bits per heavy atom. The average molecular weight is 405 g/mol. The number of aromatic amines is 1. The number of furan rings is 1. The van der Waals surface area contributed by atoms with Crippen LogP contribution in [0.15, 0.2) is 46.2 Å². The molecule has 3 aromatic rings. The van der Waals surface area contributed by atoms with E-state index in [4.69, 9.17) is 14.9 Å². The molecule has 3 heterocycles. The van der Waals surface area contributed by atoms with Gasteiger partial charge in [-0.25, -0.2) is 0 Å². The Bertz CT molecular complexity index is 1210. The van der Waals surface area contributed by atoms with Crippen LogP contribution in [0.5, 0.6) is 5.88 Å². The van der Waals surface area contributed by atoms with Gasteiger partial charge in [0.05, 0.1) is 16.4 Å². The molecule has 152 valence electrons. The van der Waals surface area contributed by atoms with Gasteiger partial charge in [-0.15, -0.1) is 5.10 Å². The molecule has 1 aliphatic rings. The van der Waals surface area contributed by atoms with Gasteiger partial charge in [0.25, 0.3) is 5.69 Å². The fourth-order valence-electron chi connectivity index (χ4n) is 3.77. The quantitative estimate of drug-likeness (QED) is 0.481. The Balaban J connectivity index is 1.84. The topological polar surface area (TPSA) is 144 Å². The summed E-state index contributed by atoms with van der Waals surface area (Å²) in [7, 11) is 0.